The van der Waals surface area contributed by atoms with E-state index in [4.69, 9.17) is 9.47 Å². The fraction of sp³-hybridized carbons (Fsp3) is 0.926. The molecule has 0 fully saturated rings. The van der Waals surface area contributed by atoms with Gasteiger partial charge in [0.25, 0.3) is 0 Å². The second-order valence-electron chi connectivity index (χ2n) is 12.3. The Bertz CT molecular complexity index is 791. The Labute approximate surface area is 227 Å². The standard InChI is InChI=1S/C27H46F6O6/c1-10-23(7,22(35)39-20(12-17(4)5)15-25(9,37)27(31,32)33)13-18(6)21(34)38-19(11-16(2)3)14-24(8,36)26(28,29)30/h16-20,36-37H,10-15H2,1-9H3. The first-order valence-electron chi connectivity index (χ1n) is 13.3. The highest BCUT2D eigenvalue weighted by atomic mass is 19.4. The summed E-state index contributed by atoms with van der Waals surface area (Å²) in [6.07, 6.45) is -14.0. The molecule has 12 heteroatoms. The summed E-state index contributed by atoms with van der Waals surface area (Å²) < 4.78 is 90.2. The van der Waals surface area contributed by atoms with Crippen LogP contribution in [0.2, 0.25) is 0 Å². The monoisotopic (exact) mass is 580 g/mol. The summed E-state index contributed by atoms with van der Waals surface area (Å²) in [6.45, 7) is 12.6. The van der Waals surface area contributed by atoms with Gasteiger partial charge < -0.3 is 19.7 Å². The first kappa shape index (κ1) is 37.4. The molecule has 0 aliphatic rings. The molecular formula is C27H46F6O6. The highest BCUT2D eigenvalue weighted by Crippen LogP contribution is 2.39. The van der Waals surface area contributed by atoms with E-state index in [1.807, 2.05) is 0 Å². The van der Waals surface area contributed by atoms with Gasteiger partial charge in [-0.2, -0.15) is 26.3 Å². The Morgan fingerprint density at radius 2 is 1.05 bits per heavy atom. The lowest BCUT2D eigenvalue weighted by molar-refractivity contribution is -0.262. The number of halogens is 6. The fourth-order valence-electron chi connectivity index (χ4n) is 4.22. The van der Waals surface area contributed by atoms with Crippen molar-refractivity contribution in [1.82, 2.24) is 0 Å². The maximum Gasteiger partial charge on any atom is 0.417 e. The highest BCUT2D eigenvalue weighted by molar-refractivity contribution is 5.78. The zero-order valence-corrected chi connectivity index (χ0v) is 24.4. The van der Waals surface area contributed by atoms with Crippen LogP contribution in [0.1, 0.15) is 101 Å². The molecule has 0 saturated heterocycles. The molecule has 0 amide bonds. The minimum atomic E-state index is -4.94. The molecule has 0 saturated carbocycles. The minimum Gasteiger partial charge on any atom is -0.462 e. The average molecular weight is 581 g/mol. The van der Waals surface area contributed by atoms with E-state index in [0.29, 0.717) is 13.8 Å². The molecule has 2 N–H and O–H groups in total. The topological polar surface area (TPSA) is 93.1 Å². The van der Waals surface area contributed by atoms with E-state index in [9.17, 15) is 46.1 Å². The van der Waals surface area contributed by atoms with E-state index < -0.39 is 71.9 Å². The van der Waals surface area contributed by atoms with Crippen LogP contribution < -0.4 is 0 Å². The molecule has 0 rings (SSSR count). The van der Waals surface area contributed by atoms with E-state index in [0.717, 1.165) is 0 Å². The lowest BCUT2D eigenvalue weighted by Crippen LogP contribution is -2.47. The number of rotatable bonds is 15. The van der Waals surface area contributed by atoms with Crippen molar-refractivity contribution >= 4 is 11.9 Å². The number of esters is 2. The molecule has 0 aliphatic heterocycles. The second kappa shape index (κ2) is 13.9. The minimum absolute atomic E-state index is 0.0609. The van der Waals surface area contributed by atoms with Crippen LogP contribution in [0.25, 0.3) is 0 Å². The van der Waals surface area contributed by atoms with Crippen molar-refractivity contribution in [3.8, 4) is 0 Å². The molecule has 232 valence electrons. The first-order chi connectivity index (χ1) is 17.3. The Hall–Kier alpha value is -1.56. The van der Waals surface area contributed by atoms with Crippen LogP contribution in [-0.4, -0.2) is 57.9 Å². The van der Waals surface area contributed by atoms with Gasteiger partial charge in [-0.3, -0.25) is 9.59 Å². The van der Waals surface area contributed by atoms with E-state index >= 15 is 0 Å². The lowest BCUT2D eigenvalue weighted by Gasteiger charge is -2.35. The molecule has 0 radical (unpaired) electrons. The van der Waals surface area contributed by atoms with Crippen molar-refractivity contribution < 1.29 is 55.6 Å². The zero-order valence-electron chi connectivity index (χ0n) is 24.4. The van der Waals surface area contributed by atoms with Crippen molar-refractivity contribution in [3.63, 3.8) is 0 Å². The van der Waals surface area contributed by atoms with Gasteiger partial charge in [0.15, 0.2) is 11.2 Å². The number of alkyl halides is 6. The van der Waals surface area contributed by atoms with Crippen LogP contribution in [0.15, 0.2) is 0 Å². The Kier molecular flexibility index (Phi) is 13.3. The summed E-state index contributed by atoms with van der Waals surface area (Å²) in [5.41, 5.74) is -7.50. The molecule has 6 atom stereocenters. The van der Waals surface area contributed by atoms with E-state index in [2.05, 4.69) is 0 Å². The zero-order chi connectivity index (χ0) is 31.2. The van der Waals surface area contributed by atoms with Crippen molar-refractivity contribution in [1.29, 1.82) is 0 Å². The van der Waals surface area contributed by atoms with Crippen LogP contribution in [0.5, 0.6) is 0 Å². The van der Waals surface area contributed by atoms with Gasteiger partial charge in [0.1, 0.15) is 12.2 Å². The SMILES string of the molecule is CCC(C)(CC(C)C(=O)OC(CC(C)C)CC(C)(O)C(F)(F)F)C(=O)OC(CC(C)C)CC(C)(O)C(F)(F)F. The average Bonchev–Trinajstić information content (AvgIpc) is 2.69. The smallest absolute Gasteiger partial charge is 0.417 e. The van der Waals surface area contributed by atoms with Crippen molar-refractivity contribution in [2.45, 2.75) is 137 Å². The summed E-state index contributed by atoms with van der Waals surface area (Å²) in [4.78, 5) is 26.0. The van der Waals surface area contributed by atoms with Crippen LogP contribution in [0.4, 0.5) is 26.3 Å². The Morgan fingerprint density at radius 3 is 1.36 bits per heavy atom. The van der Waals surface area contributed by atoms with Gasteiger partial charge in [-0.05, 0) is 58.3 Å². The molecule has 0 bridgehead atoms. The van der Waals surface area contributed by atoms with Gasteiger partial charge >= 0.3 is 24.3 Å². The molecule has 0 aliphatic carbocycles. The van der Waals surface area contributed by atoms with E-state index in [1.165, 1.54) is 13.8 Å². The number of ether oxygens (including phenoxy) is 2. The van der Waals surface area contributed by atoms with Gasteiger partial charge in [-0.15, -0.1) is 0 Å². The number of hydrogen-bond donors (Lipinski definition) is 2. The van der Waals surface area contributed by atoms with Crippen LogP contribution >= 0.6 is 0 Å². The molecule has 0 heterocycles. The summed E-state index contributed by atoms with van der Waals surface area (Å²) in [6, 6.07) is 0. The third kappa shape index (κ3) is 11.8. The number of carbonyl (C=O) groups excluding carboxylic acids is 2. The van der Waals surface area contributed by atoms with Crippen molar-refractivity contribution in [2.75, 3.05) is 0 Å². The third-order valence-corrected chi connectivity index (χ3v) is 6.93. The molecule has 6 unspecified atom stereocenters. The molecule has 0 aromatic heterocycles. The third-order valence-electron chi connectivity index (χ3n) is 6.93. The molecular weight excluding hydrogens is 534 g/mol. The van der Waals surface area contributed by atoms with Crippen LogP contribution in [0, 0.1) is 23.2 Å². The second-order valence-corrected chi connectivity index (χ2v) is 12.3. The maximum absolute atomic E-state index is 13.3. The molecule has 0 aromatic carbocycles. The normalized spacial score (nSPS) is 20.0. The predicted molar refractivity (Wildman–Crippen MR) is 133 cm³/mol. The van der Waals surface area contributed by atoms with Crippen molar-refractivity contribution in [2.24, 2.45) is 23.2 Å². The van der Waals surface area contributed by atoms with Gasteiger partial charge in [0.2, 0.25) is 0 Å². The summed E-state index contributed by atoms with van der Waals surface area (Å²) in [5, 5.41) is 19.8. The molecule has 0 aromatic rings. The highest BCUT2D eigenvalue weighted by Gasteiger charge is 2.53. The largest absolute Gasteiger partial charge is 0.462 e. The molecule has 0 spiro atoms. The van der Waals surface area contributed by atoms with Gasteiger partial charge in [-0.1, -0.05) is 41.5 Å². The predicted octanol–water partition coefficient (Wildman–Crippen LogP) is 6.75. The number of aliphatic hydroxyl groups is 2. The summed E-state index contributed by atoms with van der Waals surface area (Å²) >= 11 is 0. The summed E-state index contributed by atoms with van der Waals surface area (Å²) in [7, 11) is 0. The Balaban J connectivity index is 5.68. The van der Waals surface area contributed by atoms with Crippen LogP contribution in [0.3, 0.4) is 0 Å². The van der Waals surface area contributed by atoms with Crippen LogP contribution in [-0.2, 0) is 19.1 Å². The summed E-state index contributed by atoms with van der Waals surface area (Å²) in [5.74, 6) is -3.00. The number of carbonyl (C=O) groups is 2. The lowest BCUT2D eigenvalue weighted by atomic mass is 9.79. The maximum atomic E-state index is 13.3. The first-order valence-corrected chi connectivity index (χ1v) is 13.3. The molecule has 39 heavy (non-hydrogen) atoms. The van der Waals surface area contributed by atoms with Gasteiger partial charge in [0, 0.05) is 12.8 Å². The van der Waals surface area contributed by atoms with Gasteiger partial charge in [0.05, 0.1) is 11.3 Å². The fourth-order valence-corrected chi connectivity index (χ4v) is 4.22. The Morgan fingerprint density at radius 1 is 0.692 bits per heavy atom. The molecule has 6 nitrogen and oxygen atoms in total. The quantitative estimate of drug-likeness (QED) is 0.164. The number of hydrogen-bond acceptors (Lipinski definition) is 6. The van der Waals surface area contributed by atoms with Gasteiger partial charge in [-0.25, -0.2) is 0 Å². The van der Waals surface area contributed by atoms with E-state index in [-0.39, 0.29) is 37.5 Å². The van der Waals surface area contributed by atoms with Crippen molar-refractivity contribution in [3.05, 3.63) is 0 Å². The van der Waals surface area contributed by atoms with E-state index in [1.54, 1.807) is 34.6 Å².